The molecule has 1 aromatic rings. The molecule has 0 bridgehead atoms. The van der Waals surface area contributed by atoms with Crippen molar-refractivity contribution in [2.45, 2.75) is 37.0 Å². The molecule has 2 aliphatic rings. The number of morpholine rings is 1. The lowest BCUT2D eigenvalue weighted by Crippen LogP contribution is -2.40. The molecule has 0 unspecified atom stereocenters. The molecule has 2 N–H and O–H groups in total. The summed E-state index contributed by atoms with van der Waals surface area (Å²) in [4.78, 5) is 12.5. The van der Waals surface area contributed by atoms with Crippen LogP contribution in [0.15, 0.2) is 29.2 Å². The van der Waals surface area contributed by atoms with Gasteiger partial charge in [0.1, 0.15) is 0 Å². The van der Waals surface area contributed by atoms with Gasteiger partial charge < -0.3 is 15.4 Å². The standard InChI is InChI=1S/C18H25N3O4S2/c22-17(14-4-2-1-3-5-14)20-18(26)19-15-6-8-16(9-7-15)27(23,24)21-10-12-25-13-11-21/h6-9,14H,1-5,10-13H2,(H2,19,20,22,26). The molecule has 3 rings (SSSR count). The molecule has 7 nitrogen and oxygen atoms in total. The number of benzene rings is 1. The van der Waals surface area contributed by atoms with Gasteiger partial charge in [-0.2, -0.15) is 4.31 Å². The maximum Gasteiger partial charge on any atom is 0.243 e. The molecular formula is C18H25N3O4S2. The van der Waals surface area contributed by atoms with Crippen molar-refractivity contribution in [2.24, 2.45) is 5.92 Å². The van der Waals surface area contributed by atoms with Crippen LogP contribution in [-0.4, -0.2) is 50.0 Å². The minimum Gasteiger partial charge on any atom is -0.379 e. The van der Waals surface area contributed by atoms with Crippen LogP contribution in [0.25, 0.3) is 0 Å². The monoisotopic (exact) mass is 411 g/mol. The largest absolute Gasteiger partial charge is 0.379 e. The molecule has 0 aromatic heterocycles. The average Bonchev–Trinajstić information content (AvgIpc) is 2.69. The number of amides is 1. The third kappa shape index (κ3) is 5.25. The van der Waals surface area contributed by atoms with E-state index in [-0.39, 0.29) is 21.8 Å². The maximum absolute atomic E-state index is 12.6. The first-order chi connectivity index (χ1) is 13.0. The van der Waals surface area contributed by atoms with E-state index in [0.717, 1.165) is 25.7 Å². The number of sulfonamides is 1. The number of carbonyl (C=O) groups is 1. The third-order valence-corrected chi connectivity index (χ3v) is 7.05. The van der Waals surface area contributed by atoms with E-state index in [4.69, 9.17) is 17.0 Å². The topological polar surface area (TPSA) is 87.7 Å². The zero-order valence-corrected chi connectivity index (χ0v) is 16.8. The zero-order valence-electron chi connectivity index (χ0n) is 15.1. The predicted molar refractivity (Wildman–Crippen MR) is 107 cm³/mol. The molecule has 1 aromatic carbocycles. The second-order valence-corrected chi connectivity index (χ2v) is 9.17. The molecule has 0 spiro atoms. The quantitative estimate of drug-likeness (QED) is 0.738. The molecule has 27 heavy (non-hydrogen) atoms. The van der Waals surface area contributed by atoms with Crippen LogP contribution in [0.4, 0.5) is 5.69 Å². The van der Waals surface area contributed by atoms with E-state index in [2.05, 4.69) is 10.6 Å². The normalized spacial score (nSPS) is 19.4. The molecule has 0 atom stereocenters. The SMILES string of the molecule is O=C(NC(=S)Nc1ccc(S(=O)(=O)N2CCOCC2)cc1)C1CCCCC1. The molecule has 2 fully saturated rings. The fourth-order valence-electron chi connectivity index (χ4n) is 3.39. The van der Waals surface area contributed by atoms with Crippen LogP contribution in [0.5, 0.6) is 0 Å². The highest BCUT2D eigenvalue weighted by atomic mass is 32.2. The maximum atomic E-state index is 12.6. The molecule has 1 heterocycles. The van der Waals surface area contributed by atoms with Crippen molar-refractivity contribution in [3.8, 4) is 0 Å². The molecule has 1 saturated heterocycles. The van der Waals surface area contributed by atoms with Gasteiger partial charge in [-0.1, -0.05) is 19.3 Å². The summed E-state index contributed by atoms with van der Waals surface area (Å²) in [6, 6.07) is 6.37. The average molecular weight is 412 g/mol. The predicted octanol–water partition coefficient (Wildman–Crippen LogP) is 2.10. The summed E-state index contributed by atoms with van der Waals surface area (Å²) in [5, 5.41) is 5.91. The van der Waals surface area contributed by atoms with Crippen molar-refractivity contribution < 1.29 is 17.9 Å². The van der Waals surface area contributed by atoms with Crippen LogP contribution in [-0.2, 0) is 19.6 Å². The molecule has 148 valence electrons. The van der Waals surface area contributed by atoms with Gasteiger partial charge >= 0.3 is 0 Å². The van der Waals surface area contributed by atoms with Crippen LogP contribution >= 0.6 is 12.2 Å². The van der Waals surface area contributed by atoms with Gasteiger partial charge in [-0.05, 0) is 49.3 Å². The van der Waals surface area contributed by atoms with E-state index in [1.165, 1.54) is 10.7 Å². The van der Waals surface area contributed by atoms with Crippen molar-refractivity contribution in [3.05, 3.63) is 24.3 Å². The Kier molecular flexibility index (Phi) is 6.80. The fraction of sp³-hybridized carbons (Fsp3) is 0.556. The molecule has 1 amide bonds. The van der Waals surface area contributed by atoms with Crippen LogP contribution in [0.2, 0.25) is 0 Å². The summed E-state index contributed by atoms with van der Waals surface area (Å²) in [7, 11) is -3.52. The van der Waals surface area contributed by atoms with E-state index < -0.39 is 10.0 Å². The summed E-state index contributed by atoms with van der Waals surface area (Å²) in [6.45, 7) is 1.54. The van der Waals surface area contributed by atoms with Gasteiger partial charge in [0.05, 0.1) is 18.1 Å². The minimum atomic E-state index is -3.52. The van der Waals surface area contributed by atoms with Crippen molar-refractivity contribution in [3.63, 3.8) is 0 Å². The van der Waals surface area contributed by atoms with Crippen LogP contribution < -0.4 is 10.6 Å². The van der Waals surface area contributed by atoms with Gasteiger partial charge in [0, 0.05) is 24.7 Å². The summed E-state index contributed by atoms with van der Waals surface area (Å²) >= 11 is 5.21. The second-order valence-electron chi connectivity index (χ2n) is 6.82. The van der Waals surface area contributed by atoms with E-state index >= 15 is 0 Å². The van der Waals surface area contributed by atoms with Gasteiger partial charge in [0.25, 0.3) is 0 Å². The fourth-order valence-corrected chi connectivity index (χ4v) is 5.01. The van der Waals surface area contributed by atoms with Crippen LogP contribution in [0, 0.1) is 5.92 Å². The lowest BCUT2D eigenvalue weighted by Gasteiger charge is -2.26. The highest BCUT2D eigenvalue weighted by molar-refractivity contribution is 7.89. The van der Waals surface area contributed by atoms with E-state index in [1.807, 2.05) is 0 Å². The molecule has 1 aliphatic heterocycles. The first kappa shape index (κ1) is 20.2. The first-order valence-corrected chi connectivity index (χ1v) is 11.1. The highest BCUT2D eigenvalue weighted by Crippen LogP contribution is 2.24. The van der Waals surface area contributed by atoms with Crippen molar-refractivity contribution in [2.75, 3.05) is 31.6 Å². The summed E-state index contributed by atoms with van der Waals surface area (Å²) in [5.74, 6) is -0.0155. The summed E-state index contributed by atoms with van der Waals surface area (Å²) in [6.07, 6.45) is 5.16. The van der Waals surface area contributed by atoms with Gasteiger partial charge in [-0.3, -0.25) is 4.79 Å². The number of hydrogen-bond acceptors (Lipinski definition) is 5. The number of nitrogens with zero attached hydrogens (tertiary/aromatic N) is 1. The lowest BCUT2D eigenvalue weighted by atomic mass is 9.89. The van der Waals surface area contributed by atoms with Gasteiger partial charge in [-0.15, -0.1) is 0 Å². The lowest BCUT2D eigenvalue weighted by molar-refractivity contribution is -0.124. The first-order valence-electron chi connectivity index (χ1n) is 9.26. The Morgan fingerprint density at radius 3 is 2.33 bits per heavy atom. The molecule has 1 saturated carbocycles. The number of nitrogens with one attached hydrogen (secondary N) is 2. The Morgan fingerprint density at radius 1 is 1.07 bits per heavy atom. The van der Waals surface area contributed by atoms with Crippen molar-refractivity contribution in [1.29, 1.82) is 0 Å². The Hall–Kier alpha value is -1.55. The van der Waals surface area contributed by atoms with Crippen LogP contribution in [0.3, 0.4) is 0 Å². The molecule has 0 radical (unpaired) electrons. The third-order valence-electron chi connectivity index (χ3n) is 4.93. The zero-order chi connectivity index (χ0) is 19.3. The van der Waals surface area contributed by atoms with Gasteiger partial charge in [0.15, 0.2) is 5.11 Å². The van der Waals surface area contributed by atoms with E-state index in [9.17, 15) is 13.2 Å². The Morgan fingerprint density at radius 2 is 1.70 bits per heavy atom. The summed E-state index contributed by atoms with van der Waals surface area (Å²) in [5.41, 5.74) is 0.630. The van der Waals surface area contributed by atoms with Gasteiger partial charge in [0.2, 0.25) is 15.9 Å². The number of anilines is 1. The number of thiocarbonyl (C=S) groups is 1. The Labute approximate surface area is 165 Å². The number of rotatable bonds is 4. The van der Waals surface area contributed by atoms with Crippen molar-refractivity contribution in [1.82, 2.24) is 9.62 Å². The minimum absolute atomic E-state index is 0.0274. The summed E-state index contributed by atoms with van der Waals surface area (Å²) < 4.78 is 31.8. The smallest absolute Gasteiger partial charge is 0.243 e. The molecular weight excluding hydrogens is 386 g/mol. The number of hydrogen-bond donors (Lipinski definition) is 2. The Bertz CT molecular complexity index is 768. The molecule has 1 aliphatic carbocycles. The van der Waals surface area contributed by atoms with Crippen LogP contribution in [0.1, 0.15) is 32.1 Å². The van der Waals surface area contributed by atoms with E-state index in [0.29, 0.717) is 32.0 Å². The number of carbonyl (C=O) groups excluding carboxylic acids is 1. The Balaban J connectivity index is 1.56. The van der Waals surface area contributed by atoms with Gasteiger partial charge in [-0.25, -0.2) is 8.42 Å². The van der Waals surface area contributed by atoms with Crippen molar-refractivity contribution >= 4 is 38.9 Å². The van der Waals surface area contributed by atoms with E-state index in [1.54, 1.807) is 24.3 Å². The molecule has 9 heteroatoms. The number of ether oxygens (including phenoxy) is 1. The highest BCUT2D eigenvalue weighted by Gasteiger charge is 2.26. The second kappa shape index (κ2) is 9.09.